The molecule has 1 saturated heterocycles. The highest BCUT2D eigenvalue weighted by Crippen LogP contribution is 2.71. The van der Waals surface area contributed by atoms with Gasteiger partial charge in [-0.05, 0) is 55.7 Å². The molecule has 140 valence electrons. The van der Waals surface area contributed by atoms with Gasteiger partial charge in [-0.25, -0.2) is 0 Å². The Bertz CT molecular complexity index is 648. The molecule has 25 heavy (non-hydrogen) atoms. The number of allylic oxidation sites excluding steroid dienone is 1. The number of hydrogen-bond acceptors (Lipinski definition) is 3. The van der Waals surface area contributed by atoms with E-state index in [-0.39, 0.29) is 28.4 Å². The molecule has 0 aromatic carbocycles. The molecule has 0 aromatic rings. The zero-order valence-electron chi connectivity index (χ0n) is 16.9. The number of ketones is 1. The second-order valence-corrected chi connectivity index (χ2v) is 15.9. The van der Waals surface area contributed by atoms with E-state index in [9.17, 15) is 4.79 Å². The second-order valence-electron chi connectivity index (χ2n) is 11.1. The maximum absolute atomic E-state index is 13.1. The Hall–Kier alpha value is -0.453. The van der Waals surface area contributed by atoms with Crippen molar-refractivity contribution >= 4 is 14.1 Å². The van der Waals surface area contributed by atoms with Crippen LogP contribution in [0.1, 0.15) is 53.9 Å². The Labute approximate surface area is 153 Å². The number of rotatable bonds is 3. The zero-order valence-corrected chi connectivity index (χ0v) is 17.9. The monoisotopic (exact) mass is 362 g/mol. The summed E-state index contributed by atoms with van der Waals surface area (Å²) in [5.41, 5.74) is -0.183. The third-order valence-corrected chi connectivity index (χ3v) is 13.2. The van der Waals surface area contributed by atoms with Crippen LogP contribution < -0.4 is 0 Å². The Balaban J connectivity index is 1.70. The molecule has 0 radical (unpaired) electrons. The average Bonchev–Trinajstić information content (AvgIpc) is 3.14. The number of fused-ring (bicyclic) bond motifs is 6. The number of Topliss-reactive ketones (excluding diaryl/α,β-unsaturated/α-hetero) is 1. The van der Waals surface area contributed by atoms with Crippen molar-refractivity contribution in [2.45, 2.75) is 84.2 Å². The van der Waals surface area contributed by atoms with Crippen molar-refractivity contribution in [2.24, 2.45) is 22.2 Å². The molecule has 2 saturated carbocycles. The van der Waals surface area contributed by atoms with E-state index in [1.165, 1.54) is 12.8 Å². The molecule has 2 bridgehead atoms. The first kappa shape index (κ1) is 17.9. The molecular weight excluding hydrogens is 328 g/mol. The topological polar surface area (TPSA) is 35.5 Å². The minimum atomic E-state index is -1.87. The maximum atomic E-state index is 13.1. The molecular formula is C21H34O3Si. The highest BCUT2D eigenvalue weighted by molar-refractivity contribution is 6.74. The Morgan fingerprint density at radius 2 is 1.96 bits per heavy atom. The standard InChI is InChI=1S/C21H34O3Si/c1-18(2,3)25(6,7)23-13-21-11-10-19(4)12-14(19)17(21)24-15-8-9-20(21,5)16(15)22/h8-9,14-15,17H,10-13H2,1-7H3/t14-,15+,17+,19-,20-,21+/m0/s1. The maximum Gasteiger partial charge on any atom is 0.192 e. The summed E-state index contributed by atoms with van der Waals surface area (Å²) >= 11 is 0. The van der Waals surface area contributed by atoms with Gasteiger partial charge in [0.2, 0.25) is 0 Å². The van der Waals surface area contributed by atoms with Crippen molar-refractivity contribution in [3.8, 4) is 0 Å². The predicted molar refractivity (Wildman–Crippen MR) is 102 cm³/mol. The highest BCUT2D eigenvalue weighted by Gasteiger charge is 2.73. The van der Waals surface area contributed by atoms with Gasteiger partial charge < -0.3 is 9.16 Å². The lowest BCUT2D eigenvalue weighted by molar-refractivity contribution is -0.201. The smallest absolute Gasteiger partial charge is 0.192 e. The first-order valence-electron chi connectivity index (χ1n) is 9.90. The van der Waals surface area contributed by atoms with E-state index in [0.29, 0.717) is 17.9 Å². The van der Waals surface area contributed by atoms with E-state index < -0.39 is 13.7 Å². The summed E-state index contributed by atoms with van der Waals surface area (Å²) in [6.07, 6.45) is 7.49. The molecule has 3 aliphatic carbocycles. The molecule has 4 aliphatic rings. The van der Waals surface area contributed by atoms with Gasteiger partial charge in [-0.3, -0.25) is 4.79 Å². The van der Waals surface area contributed by atoms with Crippen molar-refractivity contribution in [1.82, 2.24) is 0 Å². The summed E-state index contributed by atoms with van der Waals surface area (Å²) in [5.74, 6) is 0.853. The molecule has 1 aliphatic heterocycles. The van der Waals surface area contributed by atoms with Crippen LogP contribution in [0.3, 0.4) is 0 Å². The van der Waals surface area contributed by atoms with Crippen LogP contribution in [0.15, 0.2) is 12.2 Å². The van der Waals surface area contributed by atoms with Crippen LogP contribution in [0.2, 0.25) is 18.1 Å². The van der Waals surface area contributed by atoms with Gasteiger partial charge in [0, 0.05) is 12.0 Å². The summed E-state index contributed by atoms with van der Waals surface area (Å²) in [5, 5.41) is 0.177. The van der Waals surface area contributed by atoms with Crippen molar-refractivity contribution in [2.75, 3.05) is 6.61 Å². The SMILES string of the molecule is CC(C)(C)[Si](C)(C)OC[C@]12CC[C@@]3(C)C[C@H]3[C@H]1O[C@@H]1C=C[C@@]2(C)C1=O. The fourth-order valence-corrected chi connectivity index (χ4v) is 6.32. The fourth-order valence-electron chi connectivity index (χ4n) is 5.27. The first-order valence-corrected chi connectivity index (χ1v) is 12.8. The van der Waals surface area contributed by atoms with Gasteiger partial charge in [-0.15, -0.1) is 0 Å². The van der Waals surface area contributed by atoms with Gasteiger partial charge in [0.05, 0.1) is 11.5 Å². The van der Waals surface area contributed by atoms with Crippen LogP contribution in [0.4, 0.5) is 0 Å². The predicted octanol–water partition coefficient (Wildman–Crippen LogP) is 4.73. The molecule has 0 unspecified atom stereocenters. The van der Waals surface area contributed by atoms with Gasteiger partial charge in [0.15, 0.2) is 14.1 Å². The van der Waals surface area contributed by atoms with Crippen molar-refractivity contribution in [1.29, 1.82) is 0 Å². The molecule has 4 heteroatoms. The molecule has 6 atom stereocenters. The van der Waals surface area contributed by atoms with E-state index in [1.807, 2.05) is 6.08 Å². The normalized spacial score (nSPS) is 48.3. The Morgan fingerprint density at radius 3 is 2.60 bits per heavy atom. The first-order chi connectivity index (χ1) is 11.4. The number of ether oxygens (including phenoxy) is 1. The molecule has 4 rings (SSSR count). The molecule has 0 N–H and O–H groups in total. The van der Waals surface area contributed by atoms with Crippen LogP contribution in [0, 0.1) is 22.2 Å². The largest absolute Gasteiger partial charge is 0.416 e. The van der Waals surface area contributed by atoms with E-state index in [0.717, 1.165) is 6.42 Å². The van der Waals surface area contributed by atoms with Crippen molar-refractivity contribution in [3.63, 3.8) is 0 Å². The fraction of sp³-hybridized carbons (Fsp3) is 0.857. The molecule has 3 fully saturated rings. The zero-order chi connectivity index (χ0) is 18.5. The minimum Gasteiger partial charge on any atom is -0.416 e. The lowest BCUT2D eigenvalue weighted by Gasteiger charge is -2.57. The van der Waals surface area contributed by atoms with Gasteiger partial charge in [-0.1, -0.05) is 39.8 Å². The summed E-state index contributed by atoms with van der Waals surface area (Å²) in [4.78, 5) is 13.1. The van der Waals surface area contributed by atoms with Crippen LogP contribution in [0.25, 0.3) is 0 Å². The van der Waals surface area contributed by atoms with Crippen LogP contribution in [-0.4, -0.2) is 32.9 Å². The summed E-state index contributed by atoms with van der Waals surface area (Å²) in [7, 11) is -1.87. The lowest BCUT2D eigenvalue weighted by Crippen LogP contribution is -2.64. The lowest BCUT2D eigenvalue weighted by atomic mass is 9.53. The van der Waals surface area contributed by atoms with Gasteiger partial charge in [0.1, 0.15) is 6.10 Å². The third kappa shape index (κ3) is 2.20. The molecule has 0 amide bonds. The van der Waals surface area contributed by atoms with Gasteiger partial charge in [-0.2, -0.15) is 0 Å². The van der Waals surface area contributed by atoms with Crippen LogP contribution in [0.5, 0.6) is 0 Å². The highest BCUT2D eigenvalue weighted by atomic mass is 28.4. The molecule has 3 nitrogen and oxygen atoms in total. The summed E-state index contributed by atoms with van der Waals surface area (Å²) in [6, 6.07) is 0. The second kappa shape index (κ2) is 4.88. The van der Waals surface area contributed by atoms with Crippen LogP contribution >= 0.6 is 0 Å². The summed E-state index contributed by atoms with van der Waals surface area (Å²) < 4.78 is 13.2. The van der Waals surface area contributed by atoms with Gasteiger partial charge >= 0.3 is 0 Å². The summed E-state index contributed by atoms with van der Waals surface area (Å²) in [6.45, 7) is 16.7. The number of hydrogen-bond donors (Lipinski definition) is 0. The third-order valence-electron chi connectivity index (χ3n) is 8.67. The van der Waals surface area contributed by atoms with Crippen molar-refractivity contribution in [3.05, 3.63) is 12.2 Å². The van der Waals surface area contributed by atoms with E-state index in [4.69, 9.17) is 9.16 Å². The number of carbonyl (C=O) groups excluding carboxylic acids is 1. The Kier molecular flexibility index (Phi) is 3.50. The molecule has 0 spiro atoms. The van der Waals surface area contributed by atoms with E-state index in [2.05, 4.69) is 53.8 Å². The molecule has 0 aromatic heterocycles. The number of carbonyl (C=O) groups is 1. The van der Waals surface area contributed by atoms with Crippen molar-refractivity contribution < 1.29 is 14.0 Å². The Morgan fingerprint density at radius 1 is 1.28 bits per heavy atom. The quantitative estimate of drug-likeness (QED) is 0.538. The van der Waals surface area contributed by atoms with Crippen LogP contribution in [-0.2, 0) is 14.0 Å². The minimum absolute atomic E-state index is 0.165. The van der Waals surface area contributed by atoms with Gasteiger partial charge in [0.25, 0.3) is 0 Å². The van der Waals surface area contributed by atoms with E-state index >= 15 is 0 Å². The molecule has 1 heterocycles. The van der Waals surface area contributed by atoms with E-state index in [1.54, 1.807) is 0 Å². The average molecular weight is 363 g/mol.